The Morgan fingerprint density at radius 3 is 2.47 bits per heavy atom. The zero-order valence-electron chi connectivity index (χ0n) is 17.1. The second-order valence-corrected chi connectivity index (χ2v) is 6.29. The molecule has 0 aliphatic carbocycles. The monoisotopic (exact) mass is 414 g/mol. The van der Waals surface area contributed by atoms with E-state index in [1.165, 1.54) is 21.3 Å². The van der Waals surface area contributed by atoms with Crippen LogP contribution in [0.5, 0.6) is 23.1 Å². The summed E-state index contributed by atoms with van der Waals surface area (Å²) < 4.78 is 26.8. The van der Waals surface area contributed by atoms with Crippen LogP contribution < -0.4 is 24.7 Å². The van der Waals surface area contributed by atoms with E-state index in [2.05, 4.69) is 16.3 Å². The van der Waals surface area contributed by atoms with Crippen LogP contribution in [0, 0.1) is 11.3 Å². The first kappa shape index (κ1) is 20.9. The summed E-state index contributed by atoms with van der Waals surface area (Å²) in [5.74, 6) is 0.231. The minimum absolute atomic E-state index is 0.0704. The molecule has 2 heterocycles. The van der Waals surface area contributed by atoms with Crippen LogP contribution in [-0.4, -0.2) is 44.1 Å². The molecule has 158 valence electrons. The molecule has 0 radical (unpaired) electrons. The minimum Gasteiger partial charge on any atom is -0.493 e. The van der Waals surface area contributed by atoms with Crippen LogP contribution >= 0.6 is 0 Å². The van der Waals surface area contributed by atoms with Gasteiger partial charge in [-0.15, -0.1) is 5.10 Å². The van der Waals surface area contributed by atoms with E-state index in [4.69, 9.17) is 29.4 Å². The molecule has 0 spiro atoms. The number of aromatic nitrogens is 2. The summed E-state index contributed by atoms with van der Waals surface area (Å²) in [6.07, 6.45) is -0.0704. The summed E-state index contributed by atoms with van der Waals surface area (Å²) in [7, 11) is 4.49. The van der Waals surface area contributed by atoms with Crippen LogP contribution in [0.4, 0.5) is 0 Å². The fraction of sp³-hybridized carbons (Fsp3) is 0.350. The normalized spacial score (nSPS) is 15.0. The lowest BCUT2D eigenvalue weighted by molar-refractivity contribution is -0.142. The Bertz CT molecular complexity index is 1010. The number of H-pyrrole nitrogens is 1. The fourth-order valence-electron chi connectivity index (χ4n) is 3.40. The van der Waals surface area contributed by atoms with Crippen molar-refractivity contribution in [3.8, 4) is 29.2 Å². The van der Waals surface area contributed by atoms with Crippen molar-refractivity contribution in [2.75, 3.05) is 27.9 Å². The van der Waals surface area contributed by atoms with E-state index in [1.54, 1.807) is 19.1 Å². The van der Waals surface area contributed by atoms with Gasteiger partial charge in [0.05, 0.1) is 51.5 Å². The highest BCUT2D eigenvalue weighted by Gasteiger charge is 2.36. The largest absolute Gasteiger partial charge is 0.493 e. The van der Waals surface area contributed by atoms with E-state index in [0.717, 1.165) is 0 Å². The number of carbonyl (C=O) groups is 1. The summed E-state index contributed by atoms with van der Waals surface area (Å²) in [5.41, 5.74) is 7.76. The Labute approximate surface area is 173 Å². The third kappa shape index (κ3) is 3.57. The van der Waals surface area contributed by atoms with E-state index < -0.39 is 11.9 Å². The lowest BCUT2D eigenvalue weighted by Crippen LogP contribution is -2.22. The number of hydrogen-bond donors (Lipinski definition) is 2. The minimum atomic E-state index is -0.671. The number of fused-ring (bicyclic) bond motifs is 1. The summed E-state index contributed by atoms with van der Waals surface area (Å²) in [6, 6.07) is 5.53. The Morgan fingerprint density at radius 2 is 1.93 bits per heavy atom. The Morgan fingerprint density at radius 1 is 1.27 bits per heavy atom. The first-order chi connectivity index (χ1) is 14.5. The second-order valence-electron chi connectivity index (χ2n) is 6.29. The Hall–Kier alpha value is -3.87. The highest BCUT2D eigenvalue weighted by Crippen LogP contribution is 2.47. The van der Waals surface area contributed by atoms with Crippen LogP contribution in [-0.2, 0) is 16.0 Å². The number of nitrogens with one attached hydrogen (secondary N) is 1. The molecule has 2 aromatic rings. The van der Waals surface area contributed by atoms with Gasteiger partial charge in [0.1, 0.15) is 11.6 Å². The maximum atomic E-state index is 12.1. The van der Waals surface area contributed by atoms with Crippen LogP contribution in [0.3, 0.4) is 0 Å². The molecule has 30 heavy (non-hydrogen) atoms. The van der Waals surface area contributed by atoms with Crippen molar-refractivity contribution in [1.29, 1.82) is 5.26 Å². The number of ether oxygens (including phenoxy) is 5. The molecule has 1 atom stereocenters. The quantitative estimate of drug-likeness (QED) is 0.648. The van der Waals surface area contributed by atoms with Crippen molar-refractivity contribution in [2.24, 2.45) is 5.73 Å². The van der Waals surface area contributed by atoms with E-state index >= 15 is 0 Å². The molecule has 1 aliphatic rings. The molecule has 0 fully saturated rings. The Balaban J connectivity index is 2.20. The maximum absolute atomic E-state index is 12.1. The van der Waals surface area contributed by atoms with Gasteiger partial charge in [-0.2, -0.15) is 5.26 Å². The average molecular weight is 414 g/mol. The molecule has 0 saturated heterocycles. The van der Waals surface area contributed by atoms with Crippen LogP contribution in [0.1, 0.15) is 29.7 Å². The van der Waals surface area contributed by atoms with Gasteiger partial charge < -0.3 is 29.4 Å². The number of rotatable bonds is 7. The second kappa shape index (κ2) is 8.65. The number of esters is 1. The van der Waals surface area contributed by atoms with Gasteiger partial charge in [0, 0.05) is 0 Å². The van der Waals surface area contributed by atoms with Crippen molar-refractivity contribution in [1.82, 2.24) is 10.2 Å². The summed E-state index contributed by atoms with van der Waals surface area (Å²) in [5, 5.41) is 16.7. The number of nitrogens with zero attached hydrogens (tertiary/aromatic N) is 2. The molecule has 1 aliphatic heterocycles. The molecule has 0 amide bonds. The predicted molar refractivity (Wildman–Crippen MR) is 104 cm³/mol. The van der Waals surface area contributed by atoms with Gasteiger partial charge in [-0.3, -0.25) is 9.89 Å². The molecule has 3 N–H and O–H groups in total. The molecular formula is C20H22N4O6. The van der Waals surface area contributed by atoms with Gasteiger partial charge in [-0.25, -0.2) is 0 Å². The molecule has 0 bridgehead atoms. The summed E-state index contributed by atoms with van der Waals surface area (Å²) >= 11 is 0. The van der Waals surface area contributed by atoms with E-state index in [1.807, 2.05) is 0 Å². The lowest BCUT2D eigenvalue weighted by Gasteiger charge is -2.25. The van der Waals surface area contributed by atoms with Gasteiger partial charge in [0.15, 0.2) is 11.5 Å². The number of nitrogens with two attached hydrogens (primary N) is 1. The number of methoxy groups -OCH3 is 3. The highest BCUT2D eigenvalue weighted by atomic mass is 16.5. The number of hydrogen-bond acceptors (Lipinski definition) is 9. The van der Waals surface area contributed by atoms with Crippen molar-refractivity contribution < 1.29 is 28.5 Å². The van der Waals surface area contributed by atoms with Gasteiger partial charge in [0.2, 0.25) is 17.5 Å². The van der Waals surface area contributed by atoms with Crippen molar-refractivity contribution in [2.45, 2.75) is 19.3 Å². The Kier molecular flexibility index (Phi) is 6.01. The number of aromatic amines is 1. The van der Waals surface area contributed by atoms with Crippen LogP contribution in [0.2, 0.25) is 0 Å². The van der Waals surface area contributed by atoms with Gasteiger partial charge in [0.25, 0.3) is 0 Å². The first-order valence-electron chi connectivity index (χ1n) is 9.09. The highest BCUT2D eigenvalue weighted by molar-refractivity contribution is 5.73. The summed E-state index contributed by atoms with van der Waals surface area (Å²) in [6.45, 7) is 1.97. The summed E-state index contributed by atoms with van der Waals surface area (Å²) in [4.78, 5) is 12.1. The SMILES string of the molecule is CCOC(=O)Cc1[nH]nc2c1[C@@H](c1cc(OC)c(OC)c(OC)c1)C(C#N)=C(N)O2. The average Bonchev–Trinajstić information content (AvgIpc) is 3.13. The van der Waals surface area contributed by atoms with Crippen LogP contribution in [0.25, 0.3) is 0 Å². The number of nitriles is 1. The standard InChI is InChI=1S/C20H22N4O6/c1-5-29-15(25)8-12-17-16(11(9-21)19(22)30-20(17)24-23-12)10-6-13(26-2)18(28-4)14(7-10)27-3/h6-7,16H,5,8,22H2,1-4H3,(H,23,24)/t16-/m0/s1. The molecule has 0 unspecified atom stereocenters. The first-order valence-corrected chi connectivity index (χ1v) is 9.09. The van der Waals surface area contributed by atoms with Gasteiger partial charge >= 0.3 is 5.97 Å². The molecule has 3 rings (SSSR count). The molecule has 10 nitrogen and oxygen atoms in total. The van der Waals surface area contributed by atoms with E-state index in [0.29, 0.717) is 34.1 Å². The topological polar surface area (TPSA) is 142 Å². The van der Waals surface area contributed by atoms with Crippen LogP contribution in [0.15, 0.2) is 23.6 Å². The molecule has 0 saturated carbocycles. The molecular weight excluding hydrogens is 392 g/mol. The maximum Gasteiger partial charge on any atom is 0.311 e. The van der Waals surface area contributed by atoms with Gasteiger partial charge in [-0.1, -0.05) is 0 Å². The number of allylic oxidation sites excluding steroid dienone is 1. The van der Waals surface area contributed by atoms with E-state index in [-0.39, 0.29) is 30.4 Å². The van der Waals surface area contributed by atoms with Crippen molar-refractivity contribution in [3.05, 3.63) is 40.4 Å². The third-order valence-corrected chi connectivity index (χ3v) is 4.66. The zero-order valence-corrected chi connectivity index (χ0v) is 17.1. The number of benzene rings is 1. The lowest BCUT2D eigenvalue weighted by atomic mass is 9.83. The molecule has 1 aromatic heterocycles. The predicted octanol–water partition coefficient (Wildman–Crippen LogP) is 1.76. The number of carbonyl (C=O) groups excluding carboxylic acids is 1. The zero-order chi connectivity index (χ0) is 21.8. The molecule has 1 aromatic carbocycles. The molecule has 10 heteroatoms. The van der Waals surface area contributed by atoms with E-state index in [9.17, 15) is 10.1 Å². The third-order valence-electron chi connectivity index (χ3n) is 4.66. The smallest absolute Gasteiger partial charge is 0.311 e. The van der Waals surface area contributed by atoms with Crippen molar-refractivity contribution >= 4 is 5.97 Å². The fourth-order valence-corrected chi connectivity index (χ4v) is 3.40. The van der Waals surface area contributed by atoms with Crippen molar-refractivity contribution in [3.63, 3.8) is 0 Å². The van der Waals surface area contributed by atoms with Gasteiger partial charge in [-0.05, 0) is 24.6 Å².